The zero-order valence-corrected chi connectivity index (χ0v) is 23.2. The largest absolute Gasteiger partial charge is 0.487 e. The highest BCUT2D eigenvalue weighted by Gasteiger charge is 2.30. The summed E-state index contributed by atoms with van der Waals surface area (Å²) in [6.07, 6.45) is -2.70. The first-order valence-electron chi connectivity index (χ1n) is 13.3. The van der Waals surface area contributed by atoms with Gasteiger partial charge in [0, 0.05) is 35.7 Å². The van der Waals surface area contributed by atoms with Crippen molar-refractivity contribution in [3.8, 4) is 17.2 Å². The van der Waals surface area contributed by atoms with Crippen molar-refractivity contribution in [3.63, 3.8) is 0 Å². The number of aryl methyl sites for hydroxylation is 1. The van der Waals surface area contributed by atoms with Crippen LogP contribution >= 0.6 is 0 Å². The summed E-state index contributed by atoms with van der Waals surface area (Å²) >= 11 is 0. The van der Waals surface area contributed by atoms with Crippen LogP contribution in [0.5, 0.6) is 5.75 Å². The van der Waals surface area contributed by atoms with Gasteiger partial charge in [0.2, 0.25) is 5.89 Å². The number of carbonyl (C=O) groups is 2. The summed E-state index contributed by atoms with van der Waals surface area (Å²) in [5.41, 5.74) is 1.35. The van der Waals surface area contributed by atoms with Gasteiger partial charge in [0.25, 0.3) is 0 Å². The third-order valence-electron chi connectivity index (χ3n) is 6.47. The molecule has 3 aromatic carbocycles. The second-order valence-corrected chi connectivity index (χ2v) is 9.69. The molecule has 0 saturated heterocycles. The standard InChI is InChI=1S/C32H28F4N2O5/c1-3-29-27(38-30(43-29)22-8-12-24(33)13-9-22)18-42-25-14-4-20(5-15-25)17-26(31(40)41)37-19(2)16-28(39)21-6-10-23(11-7-21)32(34,35)36/h4-16,26,37H,3,17-18H2,1-2H3,(H,40,41)/b19-16-/t26-/m0/s1. The topological polar surface area (TPSA) is 102 Å². The molecule has 0 saturated carbocycles. The highest BCUT2D eigenvalue weighted by Crippen LogP contribution is 2.29. The minimum absolute atomic E-state index is 0.0416. The smallest absolute Gasteiger partial charge is 0.416 e. The van der Waals surface area contributed by atoms with Gasteiger partial charge in [0.05, 0.1) is 5.56 Å². The van der Waals surface area contributed by atoms with Crippen molar-refractivity contribution in [3.05, 3.63) is 119 Å². The third-order valence-corrected chi connectivity index (χ3v) is 6.47. The van der Waals surface area contributed by atoms with E-state index in [0.29, 0.717) is 40.6 Å². The number of halogens is 4. The monoisotopic (exact) mass is 596 g/mol. The molecule has 1 heterocycles. The number of nitrogens with one attached hydrogen (secondary N) is 1. The Hall–Kier alpha value is -4.93. The highest BCUT2D eigenvalue weighted by molar-refractivity contribution is 6.04. The van der Waals surface area contributed by atoms with Gasteiger partial charge in [-0.2, -0.15) is 13.2 Å². The first-order chi connectivity index (χ1) is 20.4. The van der Waals surface area contributed by atoms with Gasteiger partial charge in [-0.1, -0.05) is 31.2 Å². The number of carbonyl (C=O) groups excluding carboxylic acids is 1. The number of aliphatic carboxylic acids is 1. The Morgan fingerprint density at radius 2 is 1.67 bits per heavy atom. The minimum atomic E-state index is -4.51. The van der Waals surface area contributed by atoms with E-state index in [4.69, 9.17) is 9.15 Å². The number of carboxylic acid groups (broad SMARTS) is 1. The van der Waals surface area contributed by atoms with Crippen molar-refractivity contribution >= 4 is 11.8 Å². The van der Waals surface area contributed by atoms with Gasteiger partial charge in [0.1, 0.15) is 35.7 Å². The van der Waals surface area contributed by atoms with Gasteiger partial charge in [-0.05, 0) is 61.0 Å². The second kappa shape index (κ2) is 13.4. The number of ether oxygens (including phenoxy) is 1. The molecule has 0 fully saturated rings. The summed E-state index contributed by atoms with van der Waals surface area (Å²) in [6, 6.07) is 15.3. The fraction of sp³-hybridized carbons (Fsp3) is 0.219. The first kappa shape index (κ1) is 31.0. The number of alkyl halides is 3. The summed E-state index contributed by atoms with van der Waals surface area (Å²) in [7, 11) is 0. The molecule has 0 radical (unpaired) electrons. The van der Waals surface area contributed by atoms with E-state index in [1.165, 1.54) is 19.1 Å². The molecule has 0 aliphatic rings. The lowest BCUT2D eigenvalue weighted by atomic mass is 10.0. The molecule has 4 rings (SSSR count). The molecule has 1 aromatic heterocycles. The Kier molecular flexibility index (Phi) is 9.64. The molecule has 0 unspecified atom stereocenters. The summed E-state index contributed by atoms with van der Waals surface area (Å²) in [6.45, 7) is 3.55. The lowest BCUT2D eigenvalue weighted by Crippen LogP contribution is -2.37. The molecule has 0 spiro atoms. The number of benzene rings is 3. The maximum Gasteiger partial charge on any atom is 0.416 e. The van der Waals surface area contributed by atoms with Gasteiger partial charge in [-0.25, -0.2) is 14.2 Å². The van der Waals surface area contributed by atoms with Gasteiger partial charge >= 0.3 is 12.1 Å². The second-order valence-electron chi connectivity index (χ2n) is 9.69. The van der Waals surface area contributed by atoms with Crippen LogP contribution in [0.25, 0.3) is 11.5 Å². The number of hydrogen-bond acceptors (Lipinski definition) is 6. The van der Waals surface area contributed by atoms with Crippen LogP contribution in [0.4, 0.5) is 17.6 Å². The lowest BCUT2D eigenvalue weighted by molar-refractivity contribution is -0.139. The van der Waals surface area contributed by atoms with Gasteiger partial charge < -0.3 is 19.6 Å². The van der Waals surface area contributed by atoms with Crippen molar-refractivity contribution in [2.24, 2.45) is 0 Å². The van der Waals surface area contributed by atoms with E-state index in [0.717, 1.165) is 30.3 Å². The zero-order valence-electron chi connectivity index (χ0n) is 23.2. The van der Waals surface area contributed by atoms with Crippen LogP contribution in [0.3, 0.4) is 0 Å². The van der Waals surface area contributed by atoms with Crippen LogP contribution in [-0.2, 0) is 30.4 Å². The van der Waals surface area contributed by atoms with Gasteiger partial charge in [0.15, 0.2) is 5.78 Å². The number of hydrogen-bond donors (Lipinski definition) is 2. The Balaban J connectivity index is 1.36. The van der Waals surface area contributed by atoms with Crippen LogP contribution < -0.4 is 10.1 Å². The van der Waals surface area contributed by atoms with Gasteiger partial charge in [-0.15, -0.1) is 0 Å². The molecule has 0 aliphatic heterocycles. The fourth-order valence-electron chi connectivity index (χ4n) is 4.22. The number of ketones is 1. The normalized spacial score (nSPS) is 12.6. The predicted octanol–water partition coefficient (Wildman–Crippen LogP) is 7.01. The van der Waals surface area contributed by atoms with Crippen molar-refractivity contribution in [2.75, 3.05) is 0 Å². The number of oxazole rings is 1. The molecule has 4 aromatic rings. The Morgan fingerprint density at radius 3 is 2.26 bits per heavy atom. The quantitative estimate of drug-likeness (QED) is 0.103. The highest BCUT2D eigenvalue weighted by atomic mass is 19.4. The van der Waals surface area contributed by atoms with E-state index in [1.807, 2.05) is 6.92 Å². The van der Waals surface area contributed by atoms with E-state index < -0.39 is 29.5 Å². The molecule has 0 bridgehead atoms. The Morgan fingerprint density at radius 1 is 1.02 bits per heavy atom. The van der Waals surface area contributed by atoms with Crippen LogP contribution in [0, 0.1) is 5.82 Å². The molecule has 0 amide bonds. The summed E-state index contributed by atoms with van der Waals surface area (Å²) in [5, 5.41) is 12.5. The van der Waals surface area contributed by atoms with Gasteiger partial charge in [-0.3, -0.25) is 4.79 Å². The number of carboxylic acids is 1. The predicted molar refractivity (Wildman–Crippen MR) is 150 cm³/mol. The van der Waals surface area contributed by atoms with E-state index in [9.17, 15) is 32.3 Å². The number of rotatable bonds is 12. The van der Waals surface area contributed by atoms with Crippen molar-refractivity contribution in [2.45, 2.75) is 45.5 Å². The average molecular weight is 597 g/mol. The molecule has 1 atom stereocenters. The van der Waals surface area contributed by atoms with Crippen LogP contribution in [0.1, 0.15) is 46.8 Å². The molecule has 224 valence electrons. The fourth-order valence-corrected chi connectivity index (χ4v) is 4.22. The Labute approximate surface area is 244 Å². The first-order valence-corrected chi connectivity index (χ1v) is 13.3. The van der Waals surface area contributed by atoms with E-state index in [-0.39, 0.29) is 30.1 Å². The maximum absolute atomic E-state index is 13.3. The number of nitrogens with zero attached hydrogens (tertiary/aromatic N) is 1. The van der Waals surface area contributed by atoms with Crippen molar-refractivity contribution in [1.29, 1.82) is 0 Å². The molecule has 7 nitrogen and oxygen atoms in total. The number of allylic oxidation sites excluding steroid dienone is 2. The van der Waals surface area contributed by atoms with Crippen molar-refractivity contribution in [1.82, 2.24) is 10.3 Å². The SMILES string of the molecule is CCc1oc(-c2ccc(F)cc2)nc1COc1ccc(C[C@H](N/C(C)=C\C(=O)c2ccc(C(F)(F)F)cc2)C(=O)O)cc1. The maximum atomic E-state index is 13.3. The molecule has 11 heteroatoms. The summed E-state index contributed by atoms with van der Waals surface area (Å²) in [5.74, 6) is -0.537. The van der Waals surface area contributed by atoms with Crippen LogP contribution in [-0.4, -0.2) is 27.9 Å². The van der Waals surface area contributed by atoms with Crippen molar-refractivity contribution < 1.29 is 41.4 Å². The zero-order chi connectivity index (χ0) is 31.1. The summed E-state index contributed by atoms with van der Waals surface area (Å²) in [4.78, 5) is 28.9. The van der Waals surface area contributed by atoms with Crippen LogP contribution in [0.15, 0.2) is 89.0 Å². The van der Waals surface area contributed by atoms with E-state index >= 15 is 0 Å². The van der Waals surface area contributed by atoms with E-state index in [1.54, 1.807) is 36.4 Å². The molecule has 2 N–H and O–H groups in total. The summed E-state index contributed by atoms with van der Waals surface area (Å²) < 4.78 is 63.2. The molecular formula is C32H28F4N2O5. The molecule has 43 heavy (non-hydrogen) atoms. The Bertz CT molecular complexity index is 1590. The lowest BCUT2D eigenvalue weighted by Gasteiger charge is -2.16. The molecular weight excluding hydrogens is 568 g/mol. The van der Waals surface area contributed by atoms with E-state index in [2.05, 4.69) is 10.3 Å². The third kappa shape index (κ3) is 8.31. The molecule has 0 aliphatic carbocycles. The van der Waals surface area contributed by atoms with Crippen LogP contribution in [0.2, 0.25) is 0 Å². The number of aromatic nitrogens is 1. The average Bonchev–Trinajstić information content (AvgIpc) is 3.39. The minimum Gasteiger partial charge on any atom is -0.487 e.